The van der Waals surface area contributed by atoms with Gasteiger partial charge in [-0.05, 0) is 0 Å². The standard InChI is InChI=1S/C7H11N5O3S/c1-12-7(10-5(14)6(15)11-12)16-2-3(8)4(9)13/h3H,2,8H2,1H3,(H2,9,13)(H,11,15). The van der Waals surface area contributed by atoms with Gasteiger partial charge in [-0.2, -0.15) is 4.98 Å². The first-order valence-electron chi connectivity index (χ1n) is 4.27. The summed E-state index contributed by atoms with van der Waals surface area (Å²) in [7, 11) is 1.52. The molecule has 1 rings (SSSR count). The monoisotopic (exact) mass is 245 g/mol. The van der Waals surface area contributed by atoms with Crippen molar-refractivity contribution in [2.24, 2.45) is 18.5 Å². The Morgan fingerprint density at radius 2 is 2.25 bits per heavy atom. The van der Waals surface area contributed by atoms with Gasteiger partial charge >= 0.3 is 11.1 Å². The molecule has 8 nitrogen and oxygen atoms in total. The number of H-pyrrole nitrogens is 1. The van der Waals surface area contributed by atoms with E-state index >= 15 is 0 Å². The third-order valence-electron chi connectivity index (χ3n) is 1.71. The molecule has 0 aromatic carbocycles. The lowest BCUT2D eigenvalue weighted by atomic mass is 10.3. The van der Waals surface area contributed by atoms with Crippen LogP contribution < -0.4 is 22.6 Å². The lowest BCUT2D eigenvalue weighted by molar-refractivity contribution is -0.118. The van der Waals surface area contributed by atoms with Crippen LogP contribution in [0.3, 0.4) is 0 Å². The van der Waals surface area contributed by atoms with Crippen molar-refractivity contribution >= 4 is 17.7 Å². The first kappa shape index (κ1) is 12.5. The Hall–Kier alpha value is -1.61. The number of carbonyl (C=O) groups is 1. The van der Waals surface area contributed by atoms with Gasteiger partial charge in [0.1, 0.15) is 0 Å². The molecule has 1 atom stereocenters. The fraction of sp³-hybridized carbons (Fsp3) is 0.429. The molecular weight excluding hydrogens is 234 g/mol. The van der Waals surface area contributed by atoms with Crippen molar-refractivity contribution in [2.45, 2.75) is 11.2 Å². The second kappa shape index (κ2) is 4.94. The molecule has 0 spiro atoms. The van der Waals surface area contributed by atoms with Crippen LogP contribution in [0.2, 0.25) is 0 Å². The van der Waals surface area contributed by atoms with E-state index in [2.05, 4.69) is 10.1 Å². The molecule has 1 aromatic heterocycles. The number of hydrogen-bond acceptors (Lipinski definition) is 6. The normalized spacial score (nSPS) is 12.4. The molecule has 88 valence electrons. The summed E-state index contributed by atoms with van der Waals surface area (Å²) in [6.07, 6.45) is 0. The molecule has 5 N–H and O–H groups in total. The van der Waals surface area contributed by atoms with E-state index in [1.807, 2.05) is 0 Å². The SMILES string of the molecule is Cn1[nH]c(=O)c(=O)nc1SCC(N)C(N)=O. The summed E-state index contributed by atoms with van der Waals surface area (Å²) in [5, 5.41) is 2.53. The Bertz CT molecular complexity index is 507. The third-order valence-corrected chi connectivity index (χ3v) is 2.85. The molecule has 0 aliphatic heterocycles. The van der Waals surface area contributed by atoms with E-state index in [-0.39, 0.29) is 10.9 Å². The summed E-state index contributed by atoms with van der Waals surface area (Å²) < 4.78 is 1.28. The number of aromatic amines is 1. The quantitative estimate of drug-likeness (QED) is 0.392. The second-order valence-electron chi connectivity index (χ2n) is 3.02. The molecule has 0 radical (unpaired) electrons. The molecule has 0 bridgehead atoms. The van der Waals surface area contributed by atoms with Crippen molar-refractivity contribution < 1.29 is 4.79 Å². The molecule has 16 heavy (non-hydrogen) atoms. The van der Waals surface area contributed by atoms with Gasteiger partial charge in [0.15, 0.2) is 5.16 Å². The Labute approximate surface area is 94.0 Å². The van der Waals surface area contributed by atoms with Crippen molar-refractivity contribution in [1.29, 1.82) is 0 Å². The predicted octanol–water partition coefficient (Wildman–Crippen LogP) is -2.63. The van der Waals surface area contributed by atoms with Gasteiger partial charge in [0.25, 0.3) is 0 Å². The average molecular weight is 245 g/mol. The van der Waals surface area contributed by atoms with Gasteiger partial charge in [0.05, 0.1) is 6.04 Å². The molecule has 1 amide bonds. The Kier molecular flexibility index (Phi) is 3.85. The maximum absolute atomic E-state index is 11.0. The van der Waals surface area contributed by atoms with Crippen LogP contribution in [0.5, 0.6) is 0 Å². The zero-order chi connectivity index (χ0) is 12.3. The van der Waals surface area contributed by atoms with Crippen LogP contribution in [-0.2, 0) is 11.8 Å². The van der Waals surface area contributed by atoms with E-state index in [4.69, 9.17) is 11.5 Å². The summed E-state index contributed by atoms with van der Waals surface area (Å²) in [6.45, 7) is 0. The van der Waals surface area contributed by atoms with Gasteiger partial charge in [-0.3, -0.25) is 24.2 Å². The number of nitrogens with one attached hydrogen (secondary N) is 1. The van der Waals surface area contributed by atoms with E-state index < -0.39 is 23.1 Å². The van der Waals surface area contributed by atoms with Crippen LogP contribution in [0.1, 0.15) is 0 Å². The van der Waals surface area contributed by atoms with Gasteiger partial charge in [-0.25, -0.2) is 0 Å². The molecule has 1 unspecified atom stereocenters. The second-order valence-corrected chi connectivity index (χ2v) is 4.01. The average Bonchev–Trinajstić information content (AvgIpc) is 2.20. The number of nitrogens with zero attached hydrogens (tertiary/aromatic N) is 2. The van der Waals surface area contributed by atoms with Gasteiger partial charge in [0.2, 0.25) is 5.91 Å². The molecule has 1 heterocycles. The first-order chi connectivity index (χ1) is 7.41. The molecular formula is C7H11N5O3S. The fourth-order valence-corrected chi connectivity index (χ4v) is 1.72. The van der Waals surface area contributed by atoms with Crippen molar-refractivity contribution in [3.05, 3.63) is 20.7 Å². The smallest absolute Gasteiger partial charge is 0.339 e. The maximum Gasteiger partial charge on any atom is 0.339 e. The highest BCUT2D eigenvalue weighted by Gasteiger charge is 2.12. The van der Waals surface area contributed by atoms with Crippen LogP contribution in [0.25, 0.3) is 0 Å². The minimum absolute atomic E-state index is 0.182. The maximum atomic E-state index is 11.0. The number of aryl methyl sites for hydroxylation is 1. The number of rotatable bonds is 4. The van der Waals surface area contributed by atoms with Gasteiger partial charge in [-0.1, -0.05) is 11.8 Å². The molecule has 0 saturated carbocycles. The molecule has 9 heteroatoms. The van der Waals surface area contributed by atoms with Gasteiger partial charge in [0, 0.05) is 12.8 Å². The van der Waals surface area contributed by atoms with E-state index in [9.17, 15) is 14.4 Å². The number of thioether (sulfide) groups is 1. The summed E-state index contributed by atoms with van der Waals surface area (Å²) >= 11 is 1.06. The number of primary amides is 1. The molecule has 0 saturated heterocycles. The van der Waals surface area contributed by atoms with Crippen LogP contribution in [0.15, 0.2) is 14.7 Å². The predicted molar refractivity (Wildman–Crippen MR) is 58.0 cm³/mol. The Morgan fingerprint density at radius 1 is 1.62 bits per heavy atom. The highest BCUT2D eigenvalue weighted by Crippen LogP contribution is 2.11. The largest absolute Gasteiger partial charge is 0.368 e. The van der Waals surface area contributed by atoms with Crippen LogP contribution in [-0.4, -0.2) is 32.5 Å². The van der Waals surface area contributed by atoms with E-state index in [0.717, 1.165) is 11.8 Å². The van der Waals surface area contributed by atoms with E-state index in [0.29, 0.717) is 0 Å². The van der Waals surface area contributed by atoms with E-state index in [1.165, 1.54) is 11.7 Å². The molecule has 0 aliphatic rings. The number of carbonyl (C=O) groups excluding carboxylic acids is 1. The van der Waals surface area contributed by atoms with Crippen LogP contribution in [0, 0.1) is 0 Å². The van der Waals surface area contributed by atoms with Crippen molar-refractivity contribution in [1.82, 2.24) is 14.8 Å². The Balaban J connectivity index is 2.83. The molecule has 0 fully saturated rings. The summed E-state index contributed by atoms with van der Waals surface area (Å²) in [6, 6.07) is -0.825. The van der Waals surface area contributed by atoms with E-state index in [1.54, 1.807) is 0 Å². The topological polar surface area (TPSA) is 137 Å². The summed E-state index contributed by atoms with van der Waals surface area (Å²) in [5.41, 5.74) is 8.69. The number of hydrogen-bond donors (Lipinski definition) is 3. The highest BCUT2D eigenvalue weighted by molar-refractivity contribution is 7.99. The highest BCUT2D eigenvalue weighted by atomic mass is 32.2. The lowest BCUT2D eigenvalue weighted by Crippen LogP contribution is -2.39. The molecule has 1 aromatic rings. The first-order valence-corrected chi connectivity index (χ1v) is 5.25. The number of aromatic nitrogens is 3. The van der Waals surface area contributed by atoms with Crippen molar-refractivity contribution in [3.63, 3.8) is 0 Å². The minimum Gasteiger partial charge on any atom is -0.368 e. The minimum atomic E-state index is -0.881. The van der Waals surface area contributed by atoms with Crippen LogP contribution in [0.4, 0.5) is 0 Å². The number of nitrogens with two attached hydrogens (primary N) is 2. The van der Waals surface area contributed by atoms with Crippen molar-refractivity contribution in [3.8, 4) is 0 Å². The zero-order valence-electron chi connectivity index (χ0n) is 8.47. The van der Waals surface area contributed by atoms with Crippen molar-refractivity contribution in [2.75, 3.05) is 5.75 Å². The van der Waals surface area contributed by atoms with Gasteiger partial charge in [-0.15, -0.1) is 0 Å². The lowest BCUT2D eigenvalue weighted by Gasteiger charge is -2.08. The zero-order valence-corrected chi connectivity index (χ0v) is 9.28. The van der Waals surface area contributed by atoms with Gasteiger partial charge < -0.3 is 11.5 Å². The number of amides is 1. The summed E-state index contributed by atoms with van der Waals surface area (Å²) in [4.78, 5) is 36.0. The third kappa shape index (κ3) is 2.94. The fourth-order valence-electron chi connectivity index (χ4n) is 0.836. The Morgan fingerprint density at radius 3 is 2.81 bits per heavy atom. The summed E-state index contributed by atoms with van der Waals surface area (Å²) in [5.74, 6) is -0.455. The molecule has 0 aliphatic carbocycles. The van der Waals surface area contributed by atoms with Crippen LogP contribution >= 0.6 is 11.8 Å².